The maximum atomic E-state index is 14.4. The van der Waals surface area contributed by atoms with Gasteiger partial charge in [0.2, 0.25) is 5.78 Å². The number of pyridine rings is 1. The Kier molecular flexibility index (Phi) is 3.92. The number of nitrogens with two attached hydrogens (primary N) is 1. The fourth-order valence-corrected chi connectivity index (χ4v) is 2.51. The van der Waals surface area contributed by atoms with Crippen LogP contribution in [0.15, 0.2) is 37.2 Å². The summed E-state index contributed by atoms with van der Waals surface area (Å²) in [5.41, 5.74) is 5.51. The molecule has 3 N–H and O–H groups in total. The van der Waals surface area contributed by atoms with E-state index < -0.39 is 34.5 Å². The zero-order valence-electron chi connectivity index (χ0n) is 13.2. The highest BCUT2D eigenvalue weighted by atomic mass is 19.1. The molecule has 7 heteroatoms. The molecule has 0 fully saturated rings. The average molecular weight is 341 g/mol. The number of hydrogen-bond donors (Lipinski definition) is 2. The third kappa shape index (κ3) is 2.69. The Labute approximate surface area is 141 Å². The van der Waals surface area contributed by atoms with E-state index in [4.69, 9.17) is 5.73 Å². The third-order valence-corrected chi connectivity index (χ3v) is 3.85. The zero-order valence-corrected chi connectivity index (χ0v) is 13.2. The van der Waals surface area contributed by atoms with E-state index in [2.05, 4.69) is 16.5 Å². The van der Waals surface area contributed by atoms with Crippen molar-refractivity contribution in [2.45, 2.75) is 6.92 Å². The minimum absolute atomic E-state index is 0.0324. The molecule has 0 aliphatic rings. The van der Waals surface area contributed by atoms with Crippen molar-refractivity contribution < 1.29 is 18.4 Å². The summed E-state index contributed by atoms with van der Waals surface area (Å²) in [6.07, 6.45) is 2.89. The van der Waals surface area contributed by atoms with Crippen molar-refractivity contribution in [2.75, 3.05) is 0 Å². The Morgan fingerprint density at radius 1 is 1.24 bits per heavy atom. The van der Waals surface area contributed by atoms with Crippen molar-refractivity contribution in [3.63, 3.8) is 0 Å². The molecular weight excluding hydrogens is 328 g/mol. The monoisotopic (exact) mass is 341 g/mol. The second-order valence-corrected chi connectivity index (χ2v) is 5.58. The Morgan fingerprint density at radius 3 is 2.60 bits per heavy atom. The maximum Gasteiger partial charge on any atom is 0.251 e. The van der Waals surface area contributed by atoms with Crippen molar-refractivity contribution in [1.82, 2.24) is 9.97 Å². The molecule has 0 saturated carbocycles. The number of fused-ring (bicyclic) bond motifs is 1. The summed E-state index contributed by atoms with van der Waals surface area (Å²) in [5, 5.41) is 0.397. The van der Waals surface area contributed by atoms with Gasteiger partial charge >= 0.3 is 0 Å². The van der Waals surface area contributed by atoms with E-state index in [-0.39, 0.29) is 5.56 Å². The number of primary amides is 1. The van der Waals surface area contributed by atoms with E-state index in [1.165, 1.54) is 6.20 Å². The number of amides is 1. The number of carbonyl (C=O) groups excluding carboxylic acids is 2. The molecule has 0 aliphatic heterocycles. The molecule has 2 aromatic heterocycles. The fraction of sp³-hybridized carbons (Fsp3) is 0.0556. The van der Waals surface area contributed by atoms with Crippen LogP contribution in [-0.2, 0) is 0 Å². The Morgan fingerprint density at radius 2 is 1.96 bits per heavy atom. The molecule has 126 valence electrons. The number of benzene rings is 1. The first-order valence-corrected chi connectivity index (χ1v) is 7.26. The maximum absolute atomic E-state index is 14.4. The van der Waals surface area contributed by atoms with Gasteiger partial charge in [0, 0.05) is 23.3 Å². The minimum Gasteiger partial charge on any atom is -0.366 e. The number of ketones is 1. The number of H-pyrrole nitrogens is 1. The SMILES string of the molecule is C=C(C)c1cnc2[nH]cc(C(=O)c3c(F)ccc(C(N)=O)c3F)c2c1. The summed E-state index contributed by atoms with van der Waals surface area (Å²) in [6.45, 7) is 5.57. The van der Waals surface area contributed by atoms with Crippen molar-refractivity contribution in [1.29, 1.82) is 0 Å². The molecule has 3 aromatic rings. The van der Waals surface area contributed by atoms with Gasteiger partial charge in [-0.25, -0.2) is 13.8 Å². The lowest BCUT2D eigenvalue weighted by atomic mass is 9.98. The van der Waals surface area contributed by atoms with Crippen LogP contribution in [0, 0.1) is 11.6 Å². The molecule has 3 rings (SSSR count). The van der Waals surface area contributed by atoms with Crippen LogP contribution in [0.2, 0.25) is 0 Å². The Bertz CT molecular complexity index is 1050. The molecule has 0 atom stereocenters. The summed E-state index contributed by atoms with van der Waals surface area (Å²) < 4.78 is 28.5. The predicted molar refractivity (Wildman–Crippen MR) is 89.1 cm³/mol. The Balaban J connectivity index is 2.21. The van der Waals surface area contributed by atoms with Gasteiger partial charge in [-0.1, -0.05) is 6.58 Å². The molecule has 0 saturated heterocycles. The molecule has 2 heterocycles. The first-order valence-electron chi connectivity index (χ1n) is 7.26. The number of carbonyl (C=O) groups is 2. The number of rotatable bonds is 4. The van der Waals surface area contributed by atoms with Gasteiger partial charge in [-0.2, -0.15) is 0 Å². The summed E-state index contributed by atoms with van der Waals surface area (Å²) in [4.78, 5) is 30.9. The number of allylic oxidation sites excluding steroid dienone is 1. The number of hydrogen-bond acceptors (Lipinski definition) is 3. The predicted octanol–water partition coefficient (Wildman–Crippen LogP) is 3.20. The zero-order chi connectivity index (χ0) is 18.3. The van der Waals surface area contributed by atoms with E-state index in [0.717, 1.165) is 17.7 Å². The molecule has 5 nitrogen and oxygen atoms in total. The lowest BCUT2D eigenvalue weighted by Gasteiger charge is -2.07. The topological polar surface area (TPSA) is 88.8 Å². The highest BCUT2D eigenvalue weighted by molar-refractivity contribution is 6.17. The number of aromatic nitrogens is 2. The molecule has 1 amide bonds. The summed E-state index contributed by atoms with van der Waals surface area (Å²) in [6, 6.07) is 3.39. The fourth-order valence-electron chi connectivity index (χ4n) is 2.51. The standard InChI is InChI=1S/C18H13F2N3O2/c1-8(2)9-5-11-12(7-23-18(11)22-6-9)16(24)14-13(19)4-3-10(15(14)20)17(21)25/h3-7H,1H2,2H3,(H2,21,25)(H,22,23). The van der Waals surface area contributed by atoms with Crippen LogP contribution in [-0.4, -0.2) is 21.7 Å². The first-order chi connectivity index (χ1) is 11.8. The van der Waals surface area contributed by atoms with E-state index in [1.807, 2.05) is 0 Å². The van der Waals surface area contributed by atoms with Gasteiger partial charge in [0.05, 0.1) is 11.1 Å². The number of halogens is 2. The highest BCUT2D eigenvalue weighted by Crippen LogP contribution is 2.26. The van der Waals surface area contributed by atoms with Crippen LogP contribution >= 0.6 is 0 Å². The van der Waals surface area contributed by atoms with Crippen LogP contribution in [0.3, 0.4) is 0 Å². The number of aromatic amines is 1. The molecule has 0 spiro atoms. The average Bonchev–Trinajstić information content (AvgIpc) is 2.97. The molecule has 0 aliphatic carbocycles. The lowest BCUT2D eigenvalue weighted by Crippen LogP contribution is -2.17. The highest BCUT2D eigenvalue weighted by Gasteiger charge is 2.25. The molecule has 0 radical (unpaired) electrons. The second kappa shape index (κ2) is 5.94. The van der Waals surface area contributed by atoms with Crippen molar-refractivity contribution in [3.8, 4) is 0 Å². The van der Waals surface area contributed by atoms with E-state index in [0.29, 0.717) is 16.6 Å². The molecule has 1 aromatic carbocycles. The van der Waals surface area contributed by atoms with Crippen molar-refractivity contribution in [3.05, 3.63) is 71.1 Å². The first kappa shape index (κ1) is 16.5. The third-order valence-electron chi connectivity index (χ3n) is 3.85. The van der Waals surface area contributed by atoms with Gasteiger partial charge in [-0.15, -0.1) is 0 Å². The number of nitrogens with one attached hydrogen (secondary N) is 1. The summed E-state index contributed by atoms with van der Waals surface area (Å²) in [7, 11) is 0. The van der Waals surface area contributed by atoms with Crippen LogP contribution in [0.5, 0.6) is 0 Å². The van der Waals surface area contributed by atoms with Gasteiger partial charge < -0.3 is 10.7 Å². The van der Waals surface area contributed by atoms with E-state index in [9.17, 15) is 18.4 Å². The normalized spacial score (nSPS) is 10.8. The molecule has 0 bridgehead atoms. The molecule has 25 heavy (non-hydrogen) atoms. The lowest BCUT2D eigenvalue weighted by molar-refractivity contribution is 0.0996. The van der Waals surface area contributed by atoms with Gasteiger partial charge in [0.25, 0.3) is 5.91 Å². The van der Waals surface area contributed by atoms with Gasteiger partial charge in [-0.3, -0.25) is 9.59 Å². The van der Waals surface area contributed by atoms with Gasteiger partial charge in [0.15, 0.2) is 0 Å². The largest absolute Gasteiger partial charge is 0.366 e. The van der Waals surface area contributed by atoms with Gasteiger partial charge in [-0.05, 0) is 36.3 Å². The summed E-state index contributed by atoms with van der Waals surface area (Å²) >= 11 is 0. The van der Waals surface area contributed by atoms with E-state index >= 15 is 0 Å². The molecule has 0 unspecified atom stereocenters. The smallest absolute Gasteiger partial charge is 0.251 e. The van der Waals surface area contributed by atoms with Crippen LogP contribution in [0.25, 0.3) is 16.6 Å². The van der Waals surface area contributed by atoms with Crippen LogP contribution < -0.4 is 5.73 Å². The summed E-state index contributed by atoms with van der Waals surface area (Å²) in [5.74, 6) is -4.36. The van der Waals surface area contributed by atoms with Crippen LogP contribution in [0.4, 0.5) is 8.78 Å². The number of nitrogens with zero attached hydrogens (tertiary/aromatic N) is 1. The second-order valence-electron chi connectivity index (χ2n) is 5.58. The minimum atomic E-state index is -1.28. The Hall–Kier alpha value is -3.35. The van der Waals surface area contributed by atoms with Gasteiger partial charge in [0.1, 0.15) is 17.3 Å². The molecular formula is C18H13F2N3O2. The van der Waals surface area contributed by atoms with E-state index in [1.54, 1.807) is 19.2 Å². The van der Waals surface area contributed by atoms with Crippen LogP contribution in [0.1, 0.15) is 38.8 Å². The quantitative estimate of drug-likeness (QED) is 0.714. The van der Waals surface area contributed by atoms with Crippen molar-refractivity contribution in [2.24, 2.45) is 5.73 Å². The van der Waals surface area contributed by atoms with Crippen molar-refractivity contribution >= 4 is 28.3 Å².